The van der Waals surface area contributed by atoms with E-state index in [1.165, 1.54) is 6.07 Å². The number of rotatable bonds is 6. The van der Waals surface area contributed by atoms with Crippen molar-refractivity contribution < 1.29 is 28.3 Å². The van der Waals surface area contributed by atoms with Gasteiger partial charge >= 0.3 is 17.6 Å². The molecule has 0 atom stereocenters. The third-order valence-corrected chi connectivity index (χ3v) is 6.00. The van der Waals surface area contributed by atoms with Gasteiger partial charge in [0, 0.05) is 9.86 Å². The third-order valence-electron chi connectivity index (χ3n) is 4.32. The van der Waals surface area contributed by atoms with E-state index in [0.717, 1.165) is 15.8 Å². The van der Waals surface area contributed by atoms with Gasteiger partial charge in [0.1, 0.15) is 21.0 Å². The van der Waals surface area contributed by atoms with E-state index in [0.29, 0.717) is 16.5 Å². The van der Waals surface area contributed by atoms with Gasteiger partial charge in [-0.2, -0.15) is 0 Å². The summed E-state index contributed by atoms with van der Waals surface area (Å²) in [4.78, 5) is 50.5. The van der Waals surface area contributed by atoms with Crippen molar-refractivity contribution in [3.8, 4) is 0 Å². The molecule has 1 amide bonds. The van der Waals surface area contributed by atoms with E-state index in [4.69, 9.17) is 13.9 Å². The van der Waals surface area contributed by atoms with Crippen molar-refractivity contribution in [3.05, 3.63) is 60.7 Å². The highest BCUT2D eigenvalue weighted by atomic mass is 79.9. The van der Waals surface area contributed by atoms with Gasteiger partial charge in [-0.05, 0) is 57.5 Å². The maximum absolute atomic E-state index is 12.9. The number of thiophene rings is 1. The van der Waals surface area contributed by atoms with Crippen LogP contribution in [0.4, 0.5) is 5.00 Å². The lowest BCUT2D eigenvalue weighted by Gasteiger charge is -2.07. The zero-order valence-corrected chi connectivity index (χ0v) is 20.1. The fourth-order valence-electron chi connectivity index (χ4n) is 2.94. The fourth-order valence-corrected chi connectivity index (χ4v) is 4.39. The highest BCUT2D eigenvalue weighted by molar-refractivity contribution is 9.10. The van der Waals surface area contributed by atoms with Crippen molar-refractivity contribution in [3.63, 3.8) is 0 Å². The molecule has 0 radical (unpaired) electrons. The number of halogens is 1. The summed E-state index contributed by atoms with van der Waals surface area (Å²) in [6.07, 6.45) is -0.366. The summed E-state index contributed by atoms with van der Waals surface area (Å²) >= 11 is 4.21. The first-order valence-electron chi connectivity index (χ1n) is 9.68. The van der Waals surface area contributed by atoms with E-state index in [-0.39, 0.29) is 33.7 Å². The molecule has 3 rings (SSSR count). The Morgan fingerprint density at radius 3 is 2.56 bits per heavy atom. The Bertz CT molecular complexity index is 1280. The minimum Gasteiger partial charge on any atom is -0.462 e. The summed E-state index contributed by atoms with van der Waals surface area (Å²) in [7, 11) is 0. The van der Waals surface area contributed by atoms with Gasteiger partial charge in [0.2, 0.25) is 0 Å². The molecule has 2 heterocycles. The summed E-state index contributed by atoms with van der Waals surface area (Å²) in [6, 6.07) is 6.42. The van der Waals surface area contributed by atoms with Gasteiger partial charge < -0.3 is 19.2 Å². The highest BCUT2D eigenvalue weighted by Gasteiger charge is 2.28. The van der Waals surface area contributed by atoms with E-state index >= 15 is 0 Å². The number of hydrogen-bond acceptors (Lipinski definition) is 8. The van der Waals surface area contributed by atoms with Gasteiger partial charge in [-0.3, -0.25) is 4.79 Å². The molecule has 10 heteroatoms. The van der Waals surface area contributed by atoms with Gasteiger partial charge in [-0.15, -0.1) is 11.3 Å². The topological polar surface area (TPSA) is 112 Å². The summed E-state index contributed by atoms with van der Waals surface area (Å²) < 4.78 is 16.3. The van der Waals surface area contributed by atoms with E-state index in [1.54, 1.807) is 45.9 Å². The summed E-state index contributed by atoms with van der Waals surface area (Å²) in [6.45, 7) is 6.72. The number of esters is 2. The molecule has 0 saturated carbocycles. The average Bonchev–Trinajstić information content (AvgIpc) is 3.03. The number of anilines is 1. The predicted octanol–water partition coefficient (Wildman–Crippen LogP) is 4.92. The number of benzene rings is 1. The molecule has 0 saturated heterocycles. The first kappa shape index (κ1) is 23.7. The number of carbonyl (C=O) groups is 3. The van der Waals surface area contributed by atoms with E-state index in [9.17, 15) is 19.2 Å². The fraction of sp³-hybridized carbons (Fsp3) is 0.273. The van der Waals surface area contributed by atoms with Crippen molar-refractivity contribution in [1.29, 1.82) is 0 Å². The van der Waals surface area contributed by atoms with Gasteiger partial charge in [-0.1, -0.05) is 15.9 Å². The Labute approximate surface area is 195 Å². The number of hydrogen-bond donors (Lipinski definition) is 1. The summed E-state index contributed by atoms with van der Waals surface area (Å²) in [5, 5.41) is 3.17. The molecule has 32 heavy (non-hydrogen) atoms. The molecule has 2 aromatic heterocycles. The normalized spacial score (nSPS) is 10.9. The molecule has 0 aliphatic rings. The lowest BCUT2D eigenvalue weighted by molar-refractivity contribution is 0.0383. The minimum absolute atomic E-state index is 0.0360. The average molecular weight is 522 g/mol. The molecule has 3 aromatic rings. The van der Waals surface area contributed by atoms with Crippen molar-refractivity contribution in [2.24, 2.45) is 0 Å². The number of nitrogens with one attached hydrogen (secondary N) is 1. The van der Waals surface area contributed by atoms with Crippen molar-refractivity contribution in [2.75, 3.05) is 11.9 Å². The van der Waals surface area contributed by atoms with Crippen LogP contribution < -0.4 is 10.9 Å². The second kappa shape index (κ2) is 9.66. The van der Waals surface area contributed by atoms with Crippen molar-refractivity contribution in [1.82, 2.24) is 0 Å². The SMILES string of the molecule is CCOC(=O)c1c(NC(=O)c2cc3cc(Br)ccc3oc2=O)sc(C(=O)OC(C)C)c1C. The maximum atomic E-state index is 12.9. The molecule has 0 aliphatic heterocycles. The van der Waals surface area contributed by atoms with Gasteiger partial charge in [0.15, 0.2) is 0 Å². The molecule has 1 aromatic carbocycles. The zero-order valence-electron chi connectivity index (χ0n) is 17.7. The van der Waals surface area contributed by atoms with Crippen LogP contribution in [-0.2, 0) is 9.47 Å². The quantitative estimate of drug-likeness (QED) is 0.361. The van der Waals surface area contributed by atoms with E-state index in [1.807, 2.05) is 0 Å². The first-order chi connectivity index (χ1) is 15.1. The summed E-state index contributed by atoms with van der Waals surface area (Å²) in [5.41, 5.74) is -0.393. The van der Waals surface area contributed by atoms with Crippen LogP contribution in [-0.4, -0.2) is 30.6 Å². The summed E-state index contributed by atoms with van der Waals surface area (Å²) in [5.74, 6) is -2.10. The molecule has 1 N–H and O–H groups in total. The lowest BCUT2D eigenvalue weighted by atomic mass is 10.1. The second-order valence-electron chi connectivity index (χ2n) is 7.02. The van der Waals surface area contributed by atoms with Crippen LogP contribution in [0.2, 0.25) is 0 Å². The molecule has 0 bridgehead atoms. The molecule has 0 aliphatic carbocycles. The number of carbonyl (C=O) groups excluding carboxylic acids is 3. The van der Waals surface area contributed by atoms with Gasteiger partial charge in [-0.25, -0.2) is 14.4 Å². The van der Waals surface area contributed by atoms with Gasteiger partial charge in [0.25, 0.3) is 5.91 Å². The molecular weight excluding hydrogens is 502 g/mol. The Kier molecular flexibility index (Phi) is 7.15. The van der Waals surface area contributed by atoms with Crippen LogP contribution in [0.1, 0.15) is 56.7 Å². The van der Waals surface area contributed by atoms with Crippen LogP contribution in [0.5, 0.6) is 0 Å². The molecule has 168 valence electrons. The van der Waals surface area contributed by atoms with Crippen LogP contribution in [0.3, 0.4) is 0 Å². The Morgan fingerprint density at radius 2 is 1.91 bits per heavy atom. The number of amides is 1. The Hall–Kier alpha value is -2.98. The predicted molar refractivity (Wildman–Crippen MR) is 124 cm³/mol. The van der Waals surface area contributed by atoms with Crippen LogP contribution in [0, 0.1) is 6.92 Å². The van der Waals surface area contributed by atoms with Crippen LogP contribution in [0.15, 0.2) is 37.9 Å². The van der Waals surface area contributed by atoms with Crippen LogP contribution >= 0.6 is 27.3 Å². The zero-order chi connectivity index (χ0) is 23.6. The van der Waals surface area contributed by atoms with Crippen molar-refractivity contribution >= 4 is 61.1 Å². The Balaban J connectivity index is 2.03. The monoisotopic (exact) mass is 521 g/mol. The van der Waals surface area contributed by atoms with Gasteiger partial charge in [0.05, 0.1) is 18.3 Å². The van der Waals surface area contributed by atoms with Crippen molar-refractivity contribution in [2.45, 2.75) is 33.8 Å². The standard InChI is InChI=1S/C22H20BrNO7S/c1-5-29-21(27)16-11(4)17(22(28)30-10(2)3)32-19(16)24-18(25)14-9-12-8-13(23)6-7-15(12)31-20(14)26/h6-10H,5H2,1-4H3,(H,24,25). The third kappa shape index (κ3) is 4.91. The molecule has 0 spiro atoms. The van der Waals surface area contributed by atoms with Crippen LogP contribution in [0.25, 0.3) is 11.0 Å². The van der Waals surface area contributed by atoms with E-state index < -0.39 is 23.5 Å². The lowest BCUT2D eigenvalue weighted by Crippen LogP contribution is -2.21. The molecule has 0 unspecified atom stereocenters. The smallest absolute Gasteiger partial charge is 0.349 e. The number of ether oxygens (including phenoxy) is 2. The maximum Gasteiger partial charge on any atom is 0.349 e. The molecule has 0 fully saturated rings. The highest BCUT2D eigenvalue weighted by Crippen LogP contribution is 2.35. The first-order valence-corrected chi connectivity index (χ1v) is 11.3. The molecule has 8 nitrogen and oxygen atoms in total. The minimum atomic E-state index is -0.831. The number of fused-ring (bicyclic) bond motifs is 1. The molecular formula is C22H20BrNO7S. The second-order valence-corrected chi connectivity index (χ2v) is 8.95. The van der Waals surface area contributed by atoms with E-state index in [2.05, 4.69) is 21.2 Å². The largest absolute Gasteiger partial charge is 0.462 e. The Morgan fingerprint density at radius 1 is 1.19 bits per heavy atom.